The van der Waals surface area contributed by atoms with Gasteiger partial charge in [-0.15, -0.1) is 0 Å². The minimum atomic E-state index is -0.943. The van der Waals surface area contributed by atoms with Crippen LogP contribution in [0.3, 0.4) is 0 Å². The number of carbonyl (C=O) groups is 1. The van der Waals surface area contributed by atoms with Crippen LogP contribution in [0, 0.1) is 0 Å². The van der Waals surface area contributed by atoms with Gasteiger partial charge in [-0.2, -0.15) is 0 Å². The van der Waals surface area contributed by atoms with Crippen LogP contribution in [0.25, 0.3) is 0 Å². The average Bonchev–Trinajstić information content (AvgIpc) is 3.19. The third-order valence-corrected chi connectivity index (χ3v) is 8.83. The van der Waals surface area contributed by atoms with E-state index < -0.39 is 24.3 Å². The van der Waals surface area contributed by atoms with E-state index in [9.17, 15) is 9.90 Å². The fourth-order valence-corrected chi connectivity index (χ4v) is 6.22. The van der Waals surface area contributed by atoms with Gasteiger partial charge < -0.3 is 33.5 Å². The predicted octanol–water partition coefficient (Wildman–Crippen LogP) is 9.45. The molecule has 1 heterocycles. The highest BCUT2D eigenvalue weighted by Crippen LogP contribution is 2.51. The molecule has 0 saturated heterocycles. The lowest BCUT2D eigenvalue weighted by molar-refractivity contribution is -0.169. The molecule has 6 aromatic rings. The van der Waals surface area contributed by atoms with Crippen LogP contribution >= 0.6 is 0 Å². The van der Waals surface area contributed by atoms with Gasteiger partial charge in [-0.25, -0.2) is 0 Å². The standard InChI is InChI=1S/C45H40O8/c1-31(46)52-44-42-40(50-29-34-18-10-4-11-19-34)25-37(48-27-32-14-6-2-7-15-32)26-41(42)53-43(45(44)51-30-35-20-12-5-13-21-35)36-22-23-38(47)39(24-36)49-28-33-16-8-3-9-17-33/h2-26,43-45,47H,27-30H2,1H3/t43?,44-,45?/m0/s1. The van der Waals surface area contributed by atoms with Crippen molar-refractivity contribution in [3.05, 3.63) is 185 Å². The Morgan fingerprint density at radius 1 is 0.604 bits per heavy atom. The largest absolute Gasteiger partial charge is 0.504 e. The van der Waals surface area contributed by atoms with Crippen LogP contribution in [-0.4, -0.2) is 17.2 Å². The number of esters is 1. The first-order valence-electron chi connectivity index (χ1n) is 17.5. The normalized spacial score (nSPS) is 16.1. The molecular formula is C45H40O8. The molecular weight excluding hydrogens is 668 g/mol. The molecule has 0 aliphatic carbocycles. The van der Waals surface area contributed by atoms with Crippen LogP contribution in [-0.2, 0) is 40.7 Å². The van der Waals surface area contributed by atoms with Gasteiger partial charge in [0, 0.05) is 19.1 Å². The van der Waals surface area contributed by atoms with Crippen molar-refractivity contribution < 1.29 is 38.3 Å². The van der Waals surface area contributed by atoms with Crippen molar-refractivity contribution in [2.75, 3.05) is 0 Å². The topological polar surface area (TPSA) is 92.7 Å². The van der Waals surface area contributed by atoms with Gasteiger partial charge in [0.05, 0.1) is 12.2 Å². The second-order valence-electron chi connectivity index (χ2n) is 12.7. The molecule has 8 nitrogen and oxygen atoms in total. The second kappa shape index (κ2) is 16.8. The number of rotatable bonds is 14. The van der Waals surface area contributed by atoms with E-state index >= 15 is 0 Å². The van der Waals surface area contributed by atoms with Crippen molar-refractivity contribution in [3.63, 3.8) is 0 Å². The zero-order valence-corrected chi connectivity index (χ0v) is 29.3. The van der Waals surface area contributed by atoms with Crippen molar-refractivity contribution in [1.82, 2.24) is 0 Å². The summed E-state index contributed by atoms with van der Waals surface area (Å²) in [5, 5.41) is 10.8. The Balaban J connectivity index is 1.30. The van der Waals surface area contributed by atoms with E-state index in [2.05, 4.69) is 0 Å². The Hall–Kier alpha value is -6.25. The maximum atomic E-state index is 12.9. The van der Waals surface area contributed by atoms with E-state index in [-0.39, 0.29) is 31.3 Å². The van der Waals surface area contributed by atoms with Gasteiger partial charge in [0.25, 0.3) is 0 Å². The lowest BCUT2D eigenvalue weighted by Crippen LogP contribution is -2.39. The highest BCUT2D eigenvalue weighted by Gasteiger charge is 2.45. The lowest BCUT2D eigenvalue weighted by Gasteiger charge is -2.39. The molecule has 2 unspecified atom stereocenters. The summed E-state index contributed by atoms with van der Waals surface area (Å²) in [6.07, 6.45) is -2.59. The SMILES string of the molecule is CC(=O)O[C@H]1c2c(OCc3ccccc3)cc(OCc3ccccc3)cc2OC(c2ccc(O)c(OCc3ccccc3)c2)C1OCc1ccccc1. The van der Waals surface area contributed by atoms with Crippen LogP contribution < -0.4 is 18.9 Å². The highest BCUT2D eigenvalue weighted by atomic mass is 16.6. The summed E-state index contributed by atoms with van der Waals surface area (Å²) in [6, 6.07) is 47.8. The minimum absolute atomic E-state index is 0.0209. The molecule has 1 aliphatic heterocycles. The van der Waals surface area contributed by atoms with Gasteiger partial charge in [0.2, 0.25) is 0 Å². The summed E-state index contributed by atoms with van der Waals surface area (Å²) in [5.41, 5.74) is 5.01. The van der Waals surface area contributed by atoms with E-state index in [0.29, 0.717) is 35.0 Å². The number of ether oxygens (including phenoxy) is 6. The Morgan fingerprint density at radius 2 is 1.11 bits per heavy atom. The monoisotopic (exact) mass is 708 g/mol. The molecule has 0 spiro atoms. The highest BCUT2D eigenvalue weighted by molar-refractivity contribution is 5.67. The zero-order valence-electron chi connectivity index (χ0n) is 29.3. The third kappa shape index (κ3) is 8.98. The summed E-state index contributed by atoms with van der Waals surface area (Å²) in [6.45, 7) is 2.40. The van der Waals surface area contributed by atoms with Crippen LogP contribution in [0.5, 0.6) is 28.7 Å². The van der Waals surface area contributed by atoms with Gasteiger partial charge in [0.1, 0.15) is 43.2 Å². The van der Waals surface area contributed by atoms with Crippen molar-refractivity contribution in [2.45, 2.75) is 51.7 Å². The van der Waals surface area contributed by atoms with Crippen LogP contribution in [0.15, 0.2) is 152 Å². The first kappa shape index (κ1) is 35.2. The van der Waals surface area contributed by atoms with E-state index in [0.717, 1.165) is 22.3 Å². The molecule has 0 saturated carbocycles. The average molecular weight is 709 g/mol. The molecule has 8 heteroatoms. The maximum absolute atomic E-state index is 12.9. The zero-order chi connectivity index (χ0) is 36.4. The van der Waals surface area contributed by atoms with Crippen molar-refractivity contribution >= 4 is 5.97 Å². The molecule has 0 radical (unpaired) electrons. The lowest BCUT2D eigenvalue weighted by atomic mass is 9.90. The molecule has 7 rings (SSSR count). The van der Waals surface area contributed by atoms with Gasteiger partial charge in [-0.3, -0.25) is 4.79 Å². The van der Waals surface area contributed by atoms with Gasteiger partial charge in [-0.1, -0.05) is 127 Å². The molecule has 0 aromatic heterocycles. The Labute approximate surface area is 309 Å². The van der Waals surface area contributed by atoms with E-state index in [1.165, 1.54) is 6.92 Å². The molecule has 268 valence electrons. The molecule has 3 atom stereocenters. The van der Waals surface area contributed by atoms with E-state index in [4.69, 9.17) is 28.4 Å². The fourth-order valence-electron chi connectivity index (χ4n) is 6.22. The number of hydrogen-bond donors (Lipinski definition) is 1. The van der Waals surface area contributed by atoms with Crippen LogP contribution in [0.4, 0.5) is 0 Å². The third-order valence-electron chi connectivity index (χ3n) is 8.83. The first-order chi connectivity index (χ1) is 26.0. The molecule has 1 aliphatic rings. The van der Waals surface area contributed by atoms with Gasteiger partial charge in [0.15, 0.2) is 23.7 Å². The van der Waals surface area contributed by atoms with E-state index in [1.807, 2.05) is 121 Å². The van der Waals surface area contributed by atoms with Crippen molar-refractivity contribution in [2.24, 2.45) is 0 Å². The number of benzene rings is 6. The Bertz CT molecular complexity index is 2090. The smallest absolute Gasteiger partial charge is 0.303 e. The van der Waals surface area contributed by atoms with Gasteiger partial charge in [-0.05, 0) is 39.9 Å². The molecule has 6 aromatic carbocycles. The van der Waals surface area contributed by atoms with Crippen molar-refractivity contribution in [3.8, 4) is 28.7 Å². The van der Waals surface area contributed by atoms with Crippen molar-refractivity contribution in [1.29, 1.82) is 0 Å². The molecule has 53 heavy (non-hydrogen) atoms. The second-order valence-corrected chi connectivity index (χ2v) is 12.7. The predicted molar refractivity (Wildman–Crippen MR) is 200 cm³/mol. The Kier molecular flexibility index (Phi) is 11.2. The summed E-state index contributed by atoms with van der Waals surface area (Å²) in [7, 11) is 0. The number of phenolic OH excluding ortho intramolecular Hbond substituents is 1. The fraction of sp³-hybridized carbons (Fsp3) is 0.178. The summed E-state index contributed by atoms with van der Waals surface area (Å²) < 4.78 is 38.6. The summed E-state index contributed by atoms with van der Waals surface area (Å²) >= 11 is 0. The van der Waals surface area contributed by atoms with E-state index in [1.54, 1.807) is 30.3 Å². The number of carbonyl (C=O) groups excluding carboxylic acids is 1. The number of aromatic hydroxyl groups is 1. The van der Waals surface area contributed by atoms with Gasteiger partial charge >= 0.3 is 5.97 Å². The first-order valence-corrected chi connectivity index (χ1v) is 17.5. The number of phenols is 1. The summed E-state index contributed by atoms with van der Waals surface area (Å²) in [4.78, 5) is 12.9. The van der Waals surface area contributed by atoms with Crippen LogP contribution in [0.2, 0.25) is 0 Å². The summed E-state index contributed by atoms with van der Waals surface area (Å²) in [5.74, 6) is 1.12. The van der Waals surface area contributed by atoms with Crippen LogP contribution in [0.1, 0.15) is 52.5 Å². The quantitative estimate of drug-likeness (QED) is 0.112. The molecule has 0 fully saturated rings. The number of hydrogen-bond acceptors (Lipinski definition) is 8. The molecule has 0 bridgehead atoms. The molecule has 0 amide bonds. The maximum Gasteiger partial charge on any atom is 0.303 e. The minimum Gasteiger partial charge on any atom is -0.504 e. The molecule has 1 N–H and O–H groups in total. The Morgan fingerprint density at radius 3 is 1.66 bits per heavy atom. The number of fused-ring (bicyclic) bond motifs is 1.